The molecular formula is C12H16FNO4S2. The fraction of sp³-hybridized carbons (Fsp3) is 0.417. The van der Waals surface area contributed by atoms with Gasteiger partial charge in [-0.15, -0.1) is 0 Å². The Hall–Kier alpha value is -1.12. The molecule has 1 aromatic rings. The van der Waals surface area contributed by atoms with Crippen molar-refractivity contribution in [3.8, 4) is 0 Å². The lowest BCUT2D eigenvalue weighted by Gasteiger charge is -2.15. The number of benzene rings is 1. The van der Waals surface area contributed by atoms with Crippen molar-refractivity contribution in [3.05, 3.63) is 29.6 Å². The molecular weight excluding hydrogens is 305 g/mol. The van der Waals surface area contributed by atoms with Crippen LogP contribution < -0.4 is 4.72 Å². The van der Waals surface area contributed by atoms with E-state index in [4.69, 9.17) is 0 Å². The number of rotatable bonds is 6. The summed E-state index contributed by atoms with van der Waals surface area (Å²) in [5.41, 5.74) is -0.197. The highest BCUT2D eigenvalue weighted by atomic mass is 32.2. The van der Waals surface area contributed by atoms with Crippen LogP contribution in [0.15, 0.2) is 23.1 Å². The molecule has 1 rings (SSSR count). The zero-order chi connectivity index (χ0) is 15.3. The van der Waals surface area contributed by atoms with Gasteiger partial charge in [0.25, 0.3) is 0 Å². The molecule has 1 N–H and O–H groups in total. The number of methoxy groups -OCH3 is 1. The highest BCUT2D eigenvalue weighted by molar-refractivity contribution is 7.98. The van der Waals surface area contributed by atoms with Crippen molar-refractivity contribution in [2.45, 2.75) is 17.9 Å². The Balaban J connectivity index is 3.22. The second kappa shape index (κ2) is 7.05. The predicted molar refractivity (Wildman–Crippen MR) is 75.9 cm³/mol. The summed E-state index contributed by atoms with van der Waals surface area (Å²) in [5, 5.41) is 0. The van der Waals surface area contributed by atoms with Gasteiger partial charge in [-0.2, -0.15) is 11.8 Å². The minimum atomic E-state index is -3.99. The maximum absolute atomic E-state index is 13.3. The van der Waals surface area contributed by atoms with Crippen LogP contribution in [0.2, 0.25) is 0 Å². The fourth-order valence-electron chi connectivity index (χ4n) is 1.61. The van der Waals surface area contributed by atoms with E-state index in [0.29, 0.717) is 5.75 Å². The first-order valence-corrected chi connectivity index (χ1v) is 8.58. The van der Waals surface area contributed by atoms with Crippen LogP contribution in [-0.2, 0) is 14.8 Å². The van der Waals surface area contributed by atoms with E-state index < -0.39 is 26.7 Å². The van der Waals surface area contributed by atoms with E-state index in [1.54, 1.807) is 6.92 Å². The second-order valence-corrected chi connectivity index (χ2v) is 6.70. The van der Waals surface area contributed by atoms with Crippen LogP contribution in [0.1, 0.15) is 17.3 Å². The molecule has 0 heterocycles. The highest BCUT2D eigenvalue weighted by Gasteiger charge is 2.25. The van der Waals surface area contributed by atoms with Gasteiger partial charge < -0.3 is 4.74 Å². The normalized spacial score (nSPS) is 13.0. The van der Waals surface area contributed by atoms with Crippen molar-refractivity contribution < 1.29 is 22.3 Å². The quantitative estimate of drug-likeness (QED) is 0.807. The number of esters is 1. The lowest BCUT2D eigenvalue weighted by molar-refractivity contribution is 0.0596. The van der Waals surface area contributed by atoms with E-state index in [1.807, 2.05) is 6.26 Å². The maximum Gasteiger partial charge on any atom is 0.339 e. The lowest BCUT2D eigenvalue weighted by Crippen LogP contribution is -2.35. The van der Waals surface area contributed by atoms with Gasteiger partial charge in [0, 0.05) is 11.8 Å². The van der Waals surface area contributed by atoms with E-state index in [-0.39, 0.29) is 11.6 Å². The molecule has 20 heavy (non-hydrogen) atoms. The van der Waals surface area contributed by atoms with E-state index in [2.05, 4.69) is 9.46 Å². The Bertz CT molecular complexity index is 589. The molecule has 112 valence electrons. The summed E-state index contributed by atoms with van der Waals surface area (Å²) in [6.07, 6.45) is 1.84. The Kier molecular flexibility index (Phi) is 5.97. The average molecular weight is 321 g/mol. The van der Waals surface area contributed by atoms with Crippen LogP contribution in [0, 0.1) is 5.82 Å². The monoisotopic (exact) mass is 321 g/mol. The number of sulfonamides is 1. The molecule has 0 amide bonds. The SMILES string of the molecule is COC(=O)c1ccc(F)cc1S(=O)(=O)NC(C)CSC. The summed E-state index contributed by atoms with van der Waals surface area (Å²) >= 11 is 1.47. The molecule has 0 aliphatic carbocycles. The molecule has 1 unspecified atom stereocenters. The standard InChI is InChI=1S/C12H16FNO4S2/c1-8(7-19-3)14-20(16,17)11-6-9(13)4-5-10(11)12(15)18-2/h4-6,8,14H,7H2,1-3H3. The van der Waals surface area contributed by atoms with Crippen LogP contribution in [0.4, 0.5) is 4.39 Å². The van der Waals surface area contributed by atoms with Crippen LogP contribution in [-0.4, -0.2) is 39.5 Å². The minimum absolute atomic E-state index is 0.197. The lowest BCUT2D eigenvalue weighted by atomic mass is 10.2. The molecule has 0 fully saturated rings. The maximum atomic E-state index is 13.3. The number of hydrogen-bond acceptors (Lipinski definition) is 5. The van der Waals surface area contributed by atoms with Gasteiger partial charge in [-0.1, -0.05) is 0 Å². The largest absolute Gasteiger partial charge is 0.465 e. The zero-order valence-corrected chi connectivity index (χ0v) is 13.0. The number of halogens is 1. The molecule has 0 aliphatic rings. The average Bonchev–Trinajstić information content (AvgIpc) is 2.37. The number of ether oxygens (including phenoxy) is 1. The van der Waals surface area contributed by atoms with Gasteiger partial charge in [0.15, 0.2) is 0 Å². The summed E-state index contributed by atoms with van der Waals surface area (Å²) in [6, 6.07) is 2.56. The molecule has 0 radical (unpaired) electrons. The number of hydrogen-bond donors (Lipinski definition) is 1. The molecule has 5 nitrogen and oxygen atoms in total. The van der Waals surface area contributed by atoms with Gasteiger partial charge in [-0.3, -0.25) is 0 Å². The Morgan fingerprint density at radius 1 is 1.50 bits per heavy atom. The molecule has 1 aromatic carbocycles. The molecule has 8 heteroatoms. The van der Waals surface area contributed by atoms with E-state index in [0.717, 1.165) is 25.3 Å². The number of nitrogens with one attached hydrogen (secondary N) is 1. The van der Waals surface area contributed by atoms with Crippen molar-refractivity contribution >= 4 is 27.8 Å². The number of carbonyl (C=O) groups excluding carboxylic acids is 1. The van der Waals surface area contributed by atoms with Gasteiger partial charge in [-0.05, 0) is 31.4 Å². The van der Waals surface area contributed by atoms with Crippen LogP contribution >= 0.6 is 11.8 Å². The third kappa shape index (κ3) is 4.19. The second-order valence-electron chi connectivity index (χ2n) is 4.11. The number of thioether (sulfide) groups is 1. The first-order valence-electron chi connectivity index (χ1n) is 5.71. The molecule has 0 saturated heterocycles. The fourth-order valence-corrected chi connectivity index (χ4v) is 3.75. The van der Waals surface area contributed by atoms with Crippen LogP contribution in [0.3, 0.4) is 0 Å². The van der Waals surface area contributed by atoms with Gasteiger partial charge in [0.2, 0.25) is 10.0 Å². The van der Waals surface area contributed by atoms with Gasteiger partial charge in [0.1, 0.15) is 5.82 Å². The molecule has 0 aromatic heterocycles. The summed E-state index contributed by atoms with van der Waals surface area (Å²) in [5.74, 6) is -1.01. The molecule has 0 saturated carbocycles. The Morgan fingerprint density at radius 2 is 2.15 bits per heavy atom. The van der Waals surface area contributed by atoms with Gasteiger partial charge >= 0.3 is 5.97 Å². The molecule has 0 aliphatic heterocycles. The Morgan fingerprint density at radius 3 is 2.70 bits per heavy atom. The molecule has 0 bridgehead atoms. The van der Waals surface area contributed by atoms with Crippen LogP contribution in [0.25, 0.3) is 0 Å². The summed E-state index contributed by atoms with van der Waals surface area (Å²) in [6.45, 7) is 1.69. The van der Waals surface area contributed by atoms with Crippen molar-refractivity contribution in [1.29, 1.82) is 0 Å². The van der Waals surface area contributed by atoms with Crippen molar-refractivity contribution in [3.63, 3.8) is 0 Å². The van der Waals surface area contributed by atoms with Crippen molar-refractivity contribution in [2.24, 2.45) is 0 Å². The van der Waals surface area contributed by atoms with E-state index in [9.17, 15) is 17.6 Å². The first kappa shape index (κ1) is 16.9. The minimum Gasteiger partial charge on any atom is -0.465 e. The third-order valence-electron chi connectivity index (χ3n) is 2.41. The molecule has 0 spiro atoms. The highest BCUT2D eigenvalue weighted by Crippen LogP contribution is 2.19. The molecule has 1 atom stereocenters. The zero-order valence-electron chi connectivity index (χ0n) is 11.3. The smallest absolute Gasteiger partial charge is 0.339 e. The third-order valence-corrected chi connectivity index (χ3v) is 4.87. The van der Waals surface area contributed by atoms with Crippen molar-refractivity contribution in [1.82, 2.24) is 4.72 Å². The summed E-state index contributed by atoms with van der Waals surface area (Å²) < 4.78 is 44.6. The van der Waals surface area contributed by atoms with Gasteiger partial charge in [-0.25, -0.2) is 22.3 Å². The predicted octanol–water partition coefficient (Wildman–Crippen LogP) is 1.64. The van der Waals surface area contributed by atoms with Gasteiger partial charge in [0.05, 0.1) is 17.6 Å². The van der Waals surface area contributed by atoms with Crippen LogP contribution in [0.5, 0.6) is 0 Å². The summed E-state index contributed by atoms with van der Waals surface area (Å²) in [7, 11) is -2.86. The Labute approximate surface area is 121 Å². The van der Waals surface area contributed by atoms with E-state index in [1.165, 1.54) is 11.8 Å². The first-order chi connectivity index (χ1) is 9.31. The number of carbonyl (C=O) groups is 1. The van der Waals surface area contributed by atoms with E-state index >= 15 is 0 Å². The van der Waals surface area contributed by atoms with Crippen molar-refractivity contribution in [2.75, 3.05) is 19.1 Å². The summed E-state index contributed by atoms with van der Waals surface area (Å²) in [4.78, 5) is 11.1. The topological polar surface area (TPSA) is 72.5 Å².